The van der Waals surface area contributed by atoms with Gasteiger partial charge in [-0.25, -0.2) is 4.79 Å². The lowest BCUT2D eigenvalue weighted by Crippen LogP contribution is -2.43. The lowest BCUT2D eigenvalue weighted by atomic mass is 9.69. The van der Waals surface area contributed by atoms with Crippen molar-refractivity contribution in [2.45, 2.75) is 52.6 Å². The third kappa shape index (κ3) is 4.54. The van der Waals surface area contributed by atoms with Crippen LogP contribution in [0.5, 0.6) is 11.5 Å². The maximum atomic E-state index is 13.8. The second-order valence-corrected chi connectivity index (χ2v) is 8.77. The smallest absolute Gasteiger partial charge is 0.337 e. The highest BCUT2D eigenvalue weighted by molar-refractivity contribution is 6.12. The van der Waals surface area contributed by atoms with E-state index in [-0.39, 0.29) is 17.8 Å². The first-order valence-corrected chi connectivity index (χ1v) is 11.4. The monoisotopic (exact) mass is 471 g/mol. The third-order valence-corrected chi connectivity index (χ3v) is 6.60. The predicted octanol–water partition coefficient (Wildman–Crippen LogP) is 3.66. The van der Waals surface area contributed by atoms with Crippen LogP contribution >= 0.6 is 0 Å². The predicted molar refractivity (Wildman–Crippen MR) is 125 cm³/mol. The third-order valence-electron chi connectivity index (χ3n) is 6.60. The van der Waals surface area contributed by atoms with Gasteiger partial charge in [0.2, 0.25) is 0 Å². The second-order valence-electron chi connectivity index (χ2n) is 8.77. The fourth-order valence-corrected chi connectivity index (χ4v) is 4.65. The molecule has 34 heavy (non-hydrogen) atoms. The van der Waals surface area contributed by atoms with Gasteiger partial charge in [0.05, 0.1) is 38.9 Å². The van der Waals surface area contributed by atoms with E-state index in [4.69, 9.17) is 18.9 Å². The molecule has 0 radical (unpaired) electrons. The Hall–Kier alpha value is -3.29. The van der Waals surface area contributed by atoms with E-state index in [0.717, 1.165) is 0 Å². The maximum absolute atomic E-state index is 13.8. The quantitative estimate of drug-likeness (QED) is 0.475. The number of allylic oxidation sites excluding steroid dienone is 3. The molecule has 1 aromatic carbocycles. The zero-order valence-corrected chi connectivity index (χ0v) is 20.8. The molecule has 8 heteroatoms. The minimum atomic E-state index is -0.956. The molecule has 4 atom stereocenters. The standard InChI is InChI=1S/C26H33NO7/c1-8-14(3)34-26(30)21-15(4)27-18-11-13(2)20(25(29)33-7)24(28)23(18)22(21)17-10-9-16(31-5)12-19(17)32-6/h9-10,12-14,20,22,27H,8,11H2,1-7H3/t13-,14-,20+,22-/m0/s1. The van der Waals surface area contributed by atoms with Crippen LogP contribution in [-0.2, 0) is 23.9 Å². The molecular weight excluding hydrogens is 438 g/mol. The van der Waals surface area contributed by atoms with Gasteiger partial charge >= 0.3 is 11.9 Å². The van der Waals surface area contributed by atoms with Gasteiger partial charge in [-0.05, 0) is 38.7 Å². The number of carbonyl (C=O) groups excluding carboxylic acids is 3. The Labute approximate surface area is 200 Å². The molecule has 0 unspecified atom stereocenters. The van der Waals surface area contributed by atoms with Crippen molar-refractivity contribution in [2.75, 3.05) is 21.3 Å². The molecule has 1 N–H and O–H groups in total. The van der Waals surface area contributed by atoms with Crippen LogP contribution in [0.2, 0.25) is 0 Å². The summed E-state index contributed by atoms with van der Waals surface area (Å²) in [4.78, 5) is 39.7. The number of rotatable bonds is 7. The van der Waals surface area contributed by atoms with Gasteiger partial charge < -0.3 is 24.3 Å². The molecule has 0 spiro atoms. The number of carbonyl (C=O) groups is 3. The number of hydrogen-bond donors (Lipinski definition) is 1. The summed E-state index contributed by atoms with van der Waals surface area (Å²) in [6.45, 7) is 7.38. The van der Waals surface area contributed by atoms with Gasteiger partial charge in [0, 0.05) is 28.6 Å². The van der Waals surface area contributed by atoms with Crippen molar-refractivity contribution in [2.24, 2.45) is 11.8 Å². The van der Waals surface area contributed by atoms with Gasteiger partial charge in [-0.2, -0.15) is 0 Å². The average molecular weight is 472 g/mol. The fourth-order valence-electron chi connectivity index (χ4n) is 4.65. The van der Waals surface area contributed by atoms with Crippen LogP contribution in [0.25, 0.3) is 0 Å². The molecule has 0 bridgehead atoms. The average Bonchev–Trinajstić information content (AvgIpc) is 2.82. The Morgan fingerprint density at radius 2 is 1.88 bits per heavy atom. The molecule has 1 heterocycles. The molecule has 0 aromatic heterocycles. The molecule has 184 valence electrons. The minimum Gasteiger partial charge on any atom is -0.497 e. The fraction of sp³-hybridized carbons (Fsp3) is 0.500. The number of dihydropyridines is 1. The normalized spacial score (nSPS) is 23.0. The van der Waals surface area contributed by atoms with E-state index in [1.165, 1.54) is 14.2 Å². The molecule has 1 aliphatic heterocycles. The summed E-state index contributed by atoms with van der Waals surface area (Å²) in [5.74, 6) is -2.43. The minimum absolute atomic E-state index is 0.258. The Bertz CT molecular complexity index is 1060. The SMILES string of the molecule is CC[C@H](C)OC(=O)C1=C(C)NC2=C(C(=O)[C@H](C(=O)OC)[C@@H](C)C2)[C@H]1c1ccc(OC)cc1OC. The summed E-state index contributed by atoms with van der Waals surface area (Å²) in [5, 5.41) is 3.26. The number of nitrogens with one attached hydrogen (secondary N) is 1. The van der Waals surface area contributed by atoms with Crippen LogP contribution < -0.4 is 14.8 Å². The lowest BCUT2D eigenvalue weighted by molar-refractivity contribution is -0.151. The summed E-state index contributed by atoms with van der Waals surface area (Å²) in [6, 6.07) is 5.24. The highest BCUT2D eigenvalue weighted by atomic mass is 16.5. The number of Topliss-reactive ketones (excluding diaryl/α,β-unsaturated/α-hetero) is 1. The van der Waals surface area contributed by atoms with Crippen LogP contribution in [0.1, 0.15) is 52.0 Å². The molecule has 8 nitrogen and oxygen atoms in total. The van der Waals surface area contributed by atoms with E-state index in [9.17, 15) is 14.4 Å². The first kappa shape index (κ1) is 25.3. The zero-order valence-electron chi connectivity index (χ0n) is 20.8. The Balaban J connectivity index is 2.24. The maximum Gasteiger partial charge on any atom is 0.337 e. The Morgan fingerprint density at radius 1 is 1.18 bits per heavy atom. The highest BCUT2D eigenvalue weighted by Gasteiger charge is 2.48. The van der Waals surface area contributed by atoms with Crippen molar-refractivity contribution in [3.05, 3.63) is 46.3 Å². The van der Waals surface area contributed by atoms with Gasteiger partial charge in [-0.3, -0.25) is 9.59 Å². The summed E-state index contributed by atoms with van der Waals surface area (Å²) in [7, 11) is 4.34. The van der Waals surface area contributed by atoms with E-state index in [0.29, 0.717) is 52.4 Å². The van der Waals surface area contributed by atoms with E-state index < -0.39 is 23.8 Å². The first-order valence-electron chi connectivity index (χ1n) is 11.4. The van der Waals surface area contributed by atoms with Crippen molar-refractivity contribution in [3.63, 3.8) is 0 Å². The molecule has 0 amide bonds. The number of ketones is 1. The van der Waals surface area contributed by atoms with Crippen molar-refractivity contribution in [1.29, 1.82) is 0 Å². The van der Waals surface area contributed by atoms with Gasteiger partial charge in [-0.1, -0.05) is 19.9 Å². The number of esters is 2. The molecule has 2 aliphatic rings. The van der Waals surface area contributed by atoms with Crippen LogP contribution in [0.4, 0.5) is 0 Å². The molecule has 0 saturated heterocycles. The van der Waals surface area contributed by atoms with Crippen molar-refractivity contribution in [1.82, 2.24) is 5.32 Å². The van der Waals surface area contributed by atoms with E-state index >= 15 is 0 Å². The van der Waals surface area contributed by atoms with Gasteiger partial charge in [0.15, 0.2) is 5.78 Å². The Kier molecular flexibility index (Phi) is 7.69. The van der Waals surface area contributed by atoms with Gasteiger partial charge in [-0.15, -0.1) is 0 Å². The summed E-state index contributed by atoms with van der Waals surface area (Å²) in [5.41, 5.74) is 2.58. The van der Waals surface area contributed by atoms with Crippen molar-refractivity contribution >= 4 is 17.7 Å². The van der Waals surface area contributed by atoms with Gasteiger partial charge in [0.25, 0.3) is 0 Å². The lowest BCUT2D eigenvalue weighted by Gasteiger charge is -2.38. The number of hydrogen-bond acceptors (Lipinski definition) is 8. The molecule has 1 aliphatic carbocycles. The number of ether oxygens (including phenoxy) is 4. The zero-order chi connectivity index (χ0) is 25.2. The van der Waals surface area contributed by atoms with Gasteiger partial charge in [0.1, 0.15) is 17.4 Å². The van der Waals surface area contributed by atoms with E-state index in [2.05, 4.69) is 5.32 Å². The van der Waals surface area contributed by atoms with Crippen LogP contribution in [-0.4, -0.2) is 45.2 Å². The molecule has 3 rings (SSSR count). The van der Waals surface area contributed by atoms with Crippen LogP contribution in [0.3, 0.4) is 0 Å². The highest BCUT2D eigenvalue weighted by Crippen LogP contribution is 2.48. The van der Waals surface area contributed by atoms with E-state index in [1.807, 2.05) is 20.8 Å². The summed E-state index contributed by atoms with van der Waals surface area (Å²) in [6.07, 6.45) is 0.809. The molecule has 0 fully saturated rings. The van der Waals surface area contributed by atoms with Crippen molar-refractivity contribution in [3.8, 4) is 11.5 Å². The topological polar surface area (TPSA) is 100 Å². The van der Waals surface area contributed by atoms with Crippen LogP contribution in [0.15, 0.2) is 40.7 Å². The van der Waals surface area contributed by atoms with E-state index in [1.54, 1.807) is 32.2 Å². The Morgan fingerprint density at radius 3 is 2.47 bits per heavy atom. The van der Waals surface area contributed by atoms with Crippen LogP contribution in [0, 0.1) is 11.8 Å². The summed E-state index contributed by atoms with van der Waals surface area (Å²) >= 11 is 0. The largest absolute Gasteiger partial charge is 0.497 e. The molecular formula is C26H33NO7. The van der Waals surface area contributed by atoms with Crippen molar-refractivity contribution < 1.29 is 33.3 Å². The second kappa shape index (κ2) is 10.3. The molecule has 1 aromatic rings. The summed E-state index contributed by atoms with van der Waals surface area (Å²) < 4.78 is 21.6. The number of benzene rings is 1. The number of methoxy groups -OCH3 is 3. The molecule has 0 saturated carbocycles. The first-order chi connectivity index (χ1) is 16.2.